The minimum absolute atomic E-state index is 0.307. The lowest BCUT2D eigenvalue weighted by atomic mass is 10.2. The molecule has 2 amide bonds. The van der Waals surface area contributed by atoms with Crippen LogP contribution in [0.4, 0.5) is 0 Å². The molecule has 0 radical (unpaired) electrons. The van der Waals surface area contributed by atoms with Crippen molar-refractivity contribution >= 4 is 33.4 Å². The van der Waals surface area contributed by atoms with E-state index in [9.17, 15) is 14.4 Å². The van der Waals surface area contributed by atoms with E-state index in [0.29, 0.717) is 32.9 Å². The summed E-state index contributed by atoms with van der Waals surface area (Å²) in [6, 6.07) is -0.805. The van der Waals surface area contributed by atoms with Crippen LogP contribution in [0.15, 0.2) is 4.79 Å². The molecule has 4 N–H and O–H groups in total. The first-order chi connectivity index (χ1) is 9.79. The fourth-order valence-electron chi connectivity index (χ4n) is 2.25. The van der Waals surface area contributed by atoms with E-state index in [2.05, 4.69) is 4.98 Å². The molecule has 0 saturated carbocycles. The Morgan fingerprint density at radius 3 is 2.48 bits per heavy atom. The smallest absolute Gasteiger partial charge is 0.263 e. The molecule has 0 saturated heterocycles. The number of fused-ring (bicyclic) bond motifs is 1. The molecule has 7 nitrogen and oxygen atoms in total. The molecule has 0 aromatic carbocycles. The number of carbonyl (C=O) groups is 2. The molecule has 1 atom stereocenters. The van der Waals surface area contributed by atoms with Gasteiger partial charge in [-0.25, -0.2) is 4.98 Å². The Morgan fingerprint density at radius 1 is 1.38 bits per heavy atom. The molecular formula is C13H16N4O3S. The maximum atomic E-state index is 12.7. The summed E-state index contributed by atoms with van der Waals surface area (Å²) in [6.45, 7) is 5.02. The van der Waals surface area contributed by atoms with Crippen LogP contribution in [0.1, 0.15) is 40.9 Å². The van der Waals surface area contributed by atoms with Gasteiger partial charge in [0.25, 0.3) is 11.5 Å². The number of thiophene rings is 1. The molecule has 0 aliphatic carbocycles. The summed E-state index contributed by atoms with van der Waals surface area (Å²) in [5.41, 5.74) is 10.7. The van der Waals surface area contributed by atoms with Gasteiger partial charge in [0.15, 0.2) is 0 Å². The van der Waals surface area contributed by atoms with Gasteiger partial charge >= 0.3 is 0 Å². The van der Waals surface area contributed by atoms with Crippen molar-refractivity contribution in [3.63, 3.8) is 0 Å². The lowest BCUT2D eigenvalue weighted by Gasteiger charge is -2.15. The van der Waals surface area contributed by atoms with Gasteiger partial charge in [0.1, 0.15) is 16.7 Å². The van der Waals surface area contributed by atoms with Gasteiger partial charge in [-0.15, -0.1) is 11.3 Å². The molecule has 0 fully saturated rings. The standard InChI is InChI=1S/C13H16N4O3S/c1-4-7-16-12-8(5(2)9(21-12)11(15)19)13(20)17(7)6(3)10(14)18/h6H,4H2,1-3H3,(H2,14,18)(H2,15,19). The highest BCUT2D eigenvalue weighted by atomic mass is 32.1. The lowest BCUT2D eigenvalue weighted by Crippen LogP contribution is -2.34. The third-order valence-corrected chi connectivity index (χ3v) is 4.61. The summed E-state index contributed by atoms with van der Waals surface area (Å²) in [5, 5.41) is 0.319. The van der Waals surface area contributed by atoms with E-state index in [1.165, 1.54) is 4.57 Å². The molecule has 2 aromatic rings. The first-order valence-electron chi connectivity index (χ1n) is 6.43. The Balaban J connectivity index is 2.91. The number of aryl methyl sites for hydroxylation is 2. The van der Waals surface area contributed by atoms with Gasteiger partial charge in [-0.1, -0.05) is 6.92 Å². The van der Waals surface area contributed by atoms with Crippen LogP contribution in [0.3, 0.4) is 0 Å². The summed E-state index contributed by atoms with van der Waals surface area (Å²) in [4.78, 5) is 40.7. The number of primary amides is 2. The second kappa shape index (κ2) is 5.28. The molecule has 2 heterocycles. The lowest BCUT2D eigenvalue weighted by molar-refractivity contribution is -0.120. The third-order valence-electron chi connectivity index (χ3n) is 3.41. The van der Waals surface area contributed by atoms with Gasteiger partial charge in [0, 0.05) is 6.42 Å². The molecule has 2 rings (SSSR count). The van der Waals surface area contributed by atoms with Crippen LogP contribution in [0.5, 0.6) is 0 Å². The summed E-state index contributed by atoms with van der Waals surface area (Å²) in [5.74, 6) is -0.755. The van der Waals surface area contributed by atoms with E-state index in [4.69, 9.17) is 11.5 Å². The van der Waals surface area contributed by atoms with E-state index >= 15 is 0 Å². The summed E-state index contributed by atoms with van der Waals surface area (Å²) in [7, 11) is 0. The Morgan fingerprint density at radius 2 is 2.00 bits per heavy atom. The number of hydrogen-bond acceptors (Lipinski definition) is 5. The topological polar surface area (TPSA) is 121 Å². The van der Waals surface area contributed by atoms with E-state index < -0.39 is 17.9 Å². The monoisotopic (exact) mass is 308 g/mol. The number of amides is 2. The Labute approximate surface area is 124 Å². The van der Waals surface area contributed by atoms with Crippen LogP contribution in [-0.2, 0) is 11.2 Å². The predicted octanol–water partition coefficient (Wildman–Crippen LogP) is 0.474. The second-order valence-corrected chi connectivity index (χ2v) is 5.73. The number of nitrogens with two attached hydrogens (primary N) is 2. The van der Waals surface area contributed by atoms with Crippen LogP contribution in [0.2, 0.25) is 0 Å². The van der Waals surface area contributed by atoms with E-state index in [0.717, 1.165) is 11.3 Å². The fourth-order valence-corrected chi connectivity index (χ4v) is 3.29. The summed E-state index contributed by atoms with van der Waals surface area (Å²) >= 11 is 1.09. The maximum Gasteiger partial charge on any atom is 0.263 e. The van der Waals surface area contributed by atoms with Gasteiger partial charge in [0.05, 0.1) is 10.3 Å². The van der Waals surface area contributed by atoms with Crippen LogP contribution in [0.25, 0.3) is 10.2 Å². The molecule has 21 heavy (non-hydrogen) atoms. The summed E-state index contributed by atoms with van der Waals surface area (Å²) < 4.78 is 1.29. The van der Waals surface area contributed by atoms with Crippen molar-refractivity contribution in [1.82, 2.24) is 9.55 Å². The van der Waals surface area contributed by atoms with Gasteiger partial charge in [-0.2, -0.15) is 0 Å². The molecular weight excluding hydrogens is 292 g/mol. The highest BCUT2D eigenvalue weighted by molar-refractivity contribution is 7.20. The Bertz CT molecular complexity index is 806. The van der Waals surface area contributed by atoms with Crippen molar-refractivity contribution in [2.45, 2.75) is 33.2 Å². The first-order valence-corrected chi connectivity index (χ1v) is 7.24. The predicted molar refractivity (Wildman–Crippen MR) is 80.4 cm³/mol. The van der Waals surface area contributed by atoms with Crippen LogP contribution in [-0.4, -0.2) is 21.4 Å². The van der Waals surface area contributed by atoms with Gasteiger partial charge in [-0.3, -0.25) is 19.0 Å². The van der Waals surface area contributed by atoms with Crippen molar-refractivity contribution in [3.05, 3.63) is 26.6 Å². The van der Waals surface area contributed by atoms with E-state index in [-0.39, 0.29) is 5.56 Å². The van der Waals surface area contributed by atoms with Gasteiger partial charge in [-0.05, 0) is 19.4 Å². The average Bonchev–Trinajstić information content (AvgIpc) is 2.75. The largest absolute Gasteiger partial charge is 0.368 e. The second-order valence-electron chi connectivity index (χ2n) is 4.74. The zero-order valence-corrected chi connectivity index (χ0v) is 12.8. The number of rotatable bonds is 4. The number of hydrogen-bond donors (Lipinski definition) is 2. The zero-order valence-electron chi connectivity index (χ0n) is 12.0. The van der Waals surface area contributed by atoms with E-state index in [1.807, 2.05) is 6.92 Å². The normalized spacial score (nSPS) is 12.5. The van der Waals surface area contributed by atoms with Crippen molar-refractivity contribution in [3.8, 4) is 0 Å². The number of carbonyl (C=O) groups excluding carboxylic acids is 2. The molecule has 0 aliphatic rings. The van der Waals surface area contributed by atoms with Crippen molar-refractivity contribution in [2.24, 2.45) is 11.5 Å². The minimum atomic E-state index is -0.805. The molecule has 2 aromatic heterocycles. The SMILES string of the molecule is CCc1nc2sc(C(N)=O)c(C)c2c(=O)n1C(C)C(N)=O. The Hall–Kier alpha value is -2.22. The third kappa shape index (κ3) is 2.31. The minimum Gasteiger partial charge on any atom is -0.368 e. The maximum absolute atomic E-state index is 12.7. The van der Waals surface area contributed by atoms with Crippen molar-refractivity contribution < 1.29 is 9.59 Å². The average molecular weight is 308 g/mol. The molecule has 0 bridgehead atoms. The van der Waals surface area contributed by atoms with Gasteiger partial charge < -0.3 is 11.5 Å². The fraction of sp³-hybridized carbons (Fsp3) is 0.385. The van der Waals surface area contributed by atoms with E-state index in [1.54, 1.807) is 13.8 Å². The zero-order chi connectivity index (χ0) is 15.9. The van der Waals surface area contributed by atoms with Crippen LogP contribution in [0, 0.1) is 6.92 Å². The molecule has 0 aliphatic heterocycles. The number of nitrogens with zero attached hydrogens (tertiary/aromatic N) is 2. The molecule has 1 unspecified atom stereocenters. The van der Waals surface area contributed by atoms with Crippen molar-refractivity contribution in [1.29, 1.82) is 0 Å². The van der Waals surface area contributed by atoms with Crippen molar-refractivity contribution in [2.75, 3.05) is 0 Å². The first kappa shape index (κ1) is 15.2. The van der Waals surface area contributed by atoms with Crippen LogP contribution >= 0.6 is 11.3 Å². The highest BCUT2D eigenvalue weighted by Gasteiger charge is 2.23. The number of aromatic nitrogens is 2. The quantitative estimate of drug-likeness (QED) is 0.852. The van der Waals surface area contributed by atoms with Crippen LogP contribution < -0.4 is 17.0 Å². The molecule has 0 spiro atoms. The highest BCUT2D eigenvalue weighted by Crippen LogP contribution is 2.27. The molecule has 8 heteroatoms. The van der Waals surface area contributed by atoms with Gasteiger partial charge in [0.2, 0.25) is 5.91 Å². The Kier molecular flexibility index (Phi) is 3.82. The summed E-state index contributed by atoms with van der Waals surface area (Å²) in [6.07, 6.45) is 0.464. The molecule has 112 valence electrons.